The monoisotopic (exact) mass is 203 g/mol. The van der Waals surface area contributed by atoms with Gasteiger partial charge >= 0.3 is 0 Å². The van der Waals surface area contributed by atoms with Crippen molar-refractivity contribution in [1.82, 2.24) is 0 Å². The summed E-state index contributed by atoms with van der Waals surface area (Å²) in [5, 5.41) is 0. The zero-order valence-electron chi connectivity index (χ0n) is 6.71. The fraction of sp³-hybridized carbons (Fsp3) is 0.222. The number of rotatable bonds is 3. The fourth-order valence-electron chi connectivity index (χ4n) is 0.884. The summed E-state index contributed by atoms with van der Waals surface area (Å²) < 4.78 is 1.80. The van der Waals surface area contributed by atoms with Gasteiger partial charge in [0.05, 0.1) is 0 Å². The number of alkyl halides is 1. The third kappa shape index (κ3) is 3.74. The van der Waals surface area contributed by atoms with Gasteiger partial charge in [-0.25, -0.2) is 4.58 Å². The van der Waals surface area contributed by atoms with Crippen LogP contribution in [0.25, 0.3) is 0 Å². The van der Waals surface area contributed by atoms with Crippen molar-refractivity contribution in [2.75, 3.05) is 6.00 Å². The molecule has 0 unspecified atom stereocenters. The molecule has 0 aliphatic carbocycles. The highest BCUT2D eigenvalue weighted by Crippen LogP contribution is 1.99. The van der Waals surface area contributed by atoms with E-state index >= 15 is 0 Å². The molecular weight excluding hydrogens is 193 g/mol. The molecule has 0 spiro atoms. The fourth-order valence-corrected chi connectivity index (χ4v) is 0.968. The maximum absolute atomic E-state index is 5.57. The molecule has 1 rings (SSSR count). The van der Waals surface area contributed by atoms with Gasteiger partial charge in [0.25, 0.3) is 0 Å². The van der Waals surface area contributed by atoms with Crippen LogP contribution in [0.3, 0.4) is 0 Å². The van der Waals surface area contributed by atoms with E-state index in [9.17, 15) is 0 Å². The molecule has 0 aliphatic rings. The van der Waals surface area contributed by atoms with Gasteiger partial charge in [0.1, 0.15) is 6.72 Å². The summed E-state index contributed by atoms with van der Waals surface area (Å²) in [5.74, 6) is 0. The molecule has 0 bridgehead atoms. The lowest BCUT2D eigenvalue weighted by atomic mass is 10.2. The van der Waals surface area contributed by atoms with Crippen LogP contribution in [0.4, 0.5) is 0 Å². The average molecular weight is 204 g/mol. The first-order valence-electron chi connectivity index (χ1n) is 3.48. The number of hydrogen-bond donors (Lipinski definition) is 0. The van der Waals surface area contributed by atoms with Crippen molar-refractivity contribution < 1.29 is 17.0 Å². The topological polar surface area (TPSA) is 3.01 Å². The van der Waals surface area contributed by atoms with Crippen LogP contribution in [-0.4, -0.2) is 17.3 Å². The van der Waals surface area contributed by atoms with Crippen LogP contribution in [0.1, 0.15) is 5.56 Å². The lowest BCUT2D eigenvalue weighted by Gasteiger charge is -1.96. The molecule has 0 atom stereocenters. The predicted molar refractivity (Wildman–Crippen MR) is 48.2 cm³/mol. The molecular formula is C9H11Cl2N. The van der Waals surface area contributed by atoms with Crippen LogP contribution in [0.2, 0.25) is 0 Å². The van der Waals surface area contributed by atoms with Gasteiger partial charge < -0.3 is 12.4 Å². The quantitative estimate of drug-likeness (QED) is 0.260. The van der Waals surface area contributed by atoms with Crippen molar-refractivity contribution in [2.45, 2.75) is 6.54 Å². The van der Waals surface area contributed by atoms with Crippen molar-refractivity contribution >= 4 is 18.3 Å². The number of benzene rings is 1. The molecule has 0 aliphatic heterocycles. The van der Waals surface area contributed by atoms with E-state index in [0.29, 0.717) is 6.00 Å². The van der Waals surface area contributed by atoms with Crippen molar-refractivity contribution in [3.8, 4) is 0 Å². The molecule has 1 aromatic rings. The molecule has 0 radical (unpaired) electrons. The summed E-state index contributed by atoms with van der Waals surface area (Å²) in [6, 6.07) is 10.6. The Labute approximate surface area is 84.1 Å². The largest absolute Gasteiger partial charge is 1.00 e. The van der Waals surface area contributed by atoms with Crippen molar-refractivity contribution in [3.05, 3.63) is 35.9 Å². The molecule has 1 aromatic carbocycles. The Morgan fingerprint density at radius 2 is 1.83 bits per heavy atom. The van der Waals surface area contributed by atoms with Crippen molar-refractivity contribution in [3.63, 3.8) is 0 Å². The maximum atomic E-state index is 5.57. The Bertz CT molecular complexity index is 234. The summed E-state index contributed by atoms with van der Waals surface area (Å²) in [6.45, 7) is 4.56. The second kappa shape index (κ2) is 6.04. The van der Waals surface area contributed by atoms with Crippen molar-refractivity contribution in [1.29, 1.82) is 0 Å². The van der Waals surface area contributed by atoms with E-state index < -0.39 is 0 Å². The molecule has 1 nitrogen and oxygen atoms in total. The average Bonchev–Trinajstić information content (AvgIpc) is 2.06. The molecule has 0 aromatic heterocycles. The van der Waals surface area contributed by atoms with Crippen LogP contribution < -0.4 is 12.4 Å². The first-order chi connectivity index (χ1) is 5.33. The zero-order chi connectivity index (χ0) is 8.10. The van der Waals surface area contributed by atoms with E-state index in [-0.39, 0.29) is 12.4 Å². The molecule has 3 heteroatoms. The Balaban J connectivity index is 0.00000121. The summed E-state index contributed by atoms with van der Waals surface area (Å²) in [6.07, 6.45) is 0. The lowest BCUT2D eigenvalue weighted by Crippen LogP contribution is -3.00. The van der Waals surface area contributed by atoms with Gasteiger partial charge in [0.15, 0.2) is 6.54 Å². The first-order valence-corrected chi connectivity index (χ1v) is 4.01. The smallest absolute Gasteiger partial charge is 0.217 e. The van der Waals surface area contributed by atoms with E-state index in [2.05, 4.69) is 18.9 Å². The Kier molecular flexibility index (Phi) is 5.77. The Morgan fingerprint density at radius 3 is 2.33 bits per heavy atom. The Hall–Kier alpha value is -0.530. The van der Waals surface area contributed by atoms with E-state index in [4.69, 9.17) is 11.6 Å². The third-order valence-electron chi connectivity index (χ3n) is 1.42. The molecule has 0 saturated carbocycles. The van der Waals surface area contributed by atoms with Crippen LogP contribution in [0, 0.1) is 0 Å². The van der Waals surface area contributed by atoms with Crippen LogP contribution >= 0.6 is 11.6 Å². The second-order valence-corrected chi connectivity index (χ2v) is 2.67. The normalized spacial score (nSPS) is 8.75. The molecule has 0 saturated heterocycles. The Morgan fingerprint density at radius 1 is 1.25 bits per heavy atom. The van der Waals surface area contributed by atoms with Crippen molar-refractivity contribution in [2.24, 2.45) is 0 Å². The van der Waals surface area contributed by atoms with Gasteiger partial charge in [-0.05, 0) is 0 Å². The van der Waals surface area contributed by atoms with Crippen LogP contribution in [0.5, 0.6) is 0 Å². The van der Waals surface area contributed by atoms with Gasteiger partial charge in [-0.1, -0.05) is 41.9 Å². The SMILES string of the molecule is C=[N+](CCl)Cc1ccccc1.[Cl-]. The van der Waals surface area contributed by atoms with Gasteiger partial charge in [-0.15, -0.1) is 0 Å². The van der Waals surface area contributed by atoms with Gasteiger partial charge in [0, 0.05) is 5.56 Å². The van der Waals surface area contributed by atoms with E-state index in [0.717, 1.165) is 6.54 Å². The minimum absolute atomic E-state index is 0. The predicted octanol–water partition coefficient (Wildman–Crippen LogP) is -0.900. The van der Waals surface area contributed by atoms with E-state index in [1.807, 2.05) is 18.2 Å². The standard InChI is InChI=1S/C9H11ClN.ClH/c1-11(8-10)7-9-5-3-2-4-6-9;/h2-6H,1,7-8H2;1H/q+1;/p-1. The molecule has 0 heterocycles. The highest BCUT2D eigenvalue weighted by atomic mass is 35.5. The molecule has 12 heavy (non-hydrogen) atoms. The van der Waals surface area contributed by atoms with Crippen LogP contribution in [0.15, 0.2) is 30.3 Å². The summed E-state index contributed by atoms with van der Waals surface area (Å²) in [5.41, 5.74) is 1.24. The van der Waals surface area contributed by atoms with E-state index in [1.165, 1.54) is 5.56 Å². The number of halogens is 2. The molecule has 0 N–H and O–H groups in total. The van der Waals surface area contributed by atoms with Gasteiger partial charge in [-0.3, -0.25) is 0 Å². The minimum Gasteiger partial charge on any atom is -1.00 e. The summed E-state index contributed by atoms with van der Waals surface area (Å²) in [4.78, 5) is 0. The van der Waals surface area contributed by atoms with Crippen LogP contribution in [-0.2, 0) is 6.54 Å². The molecule has 0 fully saturated rings. The number of nitrogens with zero attached hydrogens (tertiary/aromatic N) is 1. The maximum Gasteiger partial charge on any atom is 0.217 e. The zero-order valence-corrected chi connectivity index (χ0v) is 8.22. The van der Waals surface area contributed by atoms with Gasteiger partial charge in [0.2, 0.25) is 6.00 Å². The molecule has 0 amide bonds. The second-order valence-electron chi connectivity index (χ2n) is 2.43. The first kappa shape index (κ1) is 11.5. The minimum atomic E-state index is 0. The highest BCUT2D eigenvalue weighted by Gasteiger charge is 1.98. The summed E-state index contributed by atoms with van der Waals surface area (Å²) in [7, 11) is 0. The summed E-state index contributed by atoms with van der Waals surface area (Å²) >= 11 is 5.57. The van der Waals surface area contributed by atoms with E-state index in [1.54, 1.807) is 4.58 Å². The van der Waals surface area contributed by atoms with Gasteiger partial charge in [-0.2, -0.15) is 0 Å². The number of hydrogen-bond acceptors (Lipinski definition) is 0. The highest BCUT2D eigenvalue weighted by molar-refractivity contribution is 6.16. The molecule has 66 valence electrons. The third-order valence-corrected chi connectivity index (χ3v) is 1.76. The lowest BCUT2D eigenvalue weighted by molar-refractivity contribution is -0.517.